The van der Waals surface area contributed by atoms with Gasteiger partial charge in [-0.3, -0.25) is 4.72 Å². The summed E-state index contributed by atoms with van der Waals surface area (Å²) in [5.74, 6) is 0.188. The molecule has 0 saturated heterocycles. The van der Waals surface area contributed by atoms with E-state index in [1.165, 1.54) is 0 Å². The second kappa shape index (κ2) is 5.46. The minimum atomic E-state index is -3.28. The van der Waals surface area contributed by atoms with Crippen molar-refractivity contribution in [1.29, 1.82) is 0 Å². The number of anilines is 1. The zero-order valence-electron chi connectivity index (χ0n) is 9.80. The van der Waals surface area contributed by atoms with Gasteiger partial charge < -0.3 is 5.73 Å². The largest absolute Gasteiger partial charge is 0.389 e. The van der Waals surface area contributed by atoms with Crippen molar-refractivity contribution in [3.8, 4) is 0 Å². The number of nitrogens with two attached hydrogens (primary N) is 1. The third kappa shape index (κ3) is 4.70. The van der Waals surface area contributed by atoms with Crippen molar-refractivity contribution in [1.82, 2.24) is 0 Å². The number of thiocarbonyl (C=S) groups is 1. The second-order valence-corrected chi connectivity index (χ2v) is 6.43. The molecule has 0 aliphatic rings. The summed E-state index contributed by atoms with van der Waals surface area (Å²) in [4.78, 5) is 0.293. The molecule has 4 nitrogen and oxygen atoms in total. The standard InChI is InChI=1S/C11H16N2O2S2/c1-8(2)7-17(14,15)13-10-5-3-9(4-6-10)11(12)16/h3-6,8,13H,7H2,1-2H3,(H2,12,16). The van der Waals surface area contributed by atoms with E-state index in [0.717, 1.165) is 0 Å². The van der Waals surface area contributed by atoms with Crippen LogP contribution in [0.15, 0.2) is 24.3 Å². The first-order chi connectivity index (χ1) is 7.80. The van der Waals surface area contributed by atoms with E-state index in [9.17, 15) is 8.42 Å². The maximum atomic E-state index is 11.7. The van der Waals surface area contributed by atoms with Gasteiger partial charge >= 0.3 is 0 Å². The Balaban J connectivity index is 2.79. The van der Waals surface area contributed by atoms with E-state index in [4.69, 9.17) is 18.0 Å². The third-order valence-electron chi connectivity index (χ3n) is 2.00. The summed E-state index contributed by atoms with van der Waals surface area (Å²) in [6, 6.07) is 6.67. The zero-order valence-corrected chi connectivity index (χ0v) is 11.4. The Hall–Kier alpha value is -1.14. The second-order valence-electron chi connectivity index (χ2n) is 4.22. The number of rotatable bonds is 5. The monoisotopic (exact) mass is 272 g/mol. The summed E-state index contributed by atoms with van der Waals surface area (Å²) in [5, 5.41) is 0. The Labute approximate surface area is 107 Å². The quantitative estimate of drug-likeness (QED) is 0.801. The SMILES string of the molecule is CC(C)CS(=O)(=O)Nc1ccc(C(N)=S)cc1. The van der Waals surface area contributed by atoms with Crippen molar-refractivity contribution < 1.29 is 8.42 Å². The van der Waals surface area contributed by atoms with Gasteiger partial charge in [0.05, 0.1) is 5.75 Å². The molecule has 0 heterocycles. The Morgan fingerprint density at radius 3 is 2.29 bits per heavy atom. The zero-order chi connectivity index (χ0) is 13.1. The Bertz CT molecular complexity index is 493. The molecule has 0 spiro atoms. The average molecular weight is 272 g/mol. The molecule has 0 bridgehead atoms. The van der Waals surface area contributed by atoms with Crippen molar-refractivity contribution in [2.75, 3.05) is 10.5 Å². The van der Waals surface area contributed by atoms with E-state index >= 15 is 0 Å². The van der Waals surface area contributed by atoms with Crippen molar-refractivity contribution in [3.05, 3.63) is 29.8 Å². The van der Waals surface area contributed by atoms with Crippen LogP contribution in [0.4, 0.5) is 5.69 Å². The number of nitrogens with one attached hydrogen (secondary N) is 1. The maximum Gasteiger partial charge on any atom is 0.232 e. The molecule has 0 saturated carbocycles. The molecule has 1 aromatic rings. The van der Waals surface area contributed by atoms with Gasteiger partial charge in [0.25, 0.3) is 0 Å². The Morgan fingerprint density at radius 2 is 1.88 bits per heavy atom. The number of benzene rings is 1. The Morgan fingerprint density at radius 1 is 1.35 bits per heavy atom. The molecule has 0 radical (unpaired) electrons. The molecule has 1 rings (SSSR count). The molecule has 6 heteroatoms. The maximum absolute atomic E-state index is 11.7. The van der Waals surface area contributed by atoms with Gasteiger partial charge in [0.1, 0.15) is 4.99 Å². The minimum Gasteiger partial charge on any atom is -0.389 e. The minimum absolute atomic E-state index is 0.0865. The average Bonchev–Trinajstić information content (AvgIpc) is 2.15. The van der Waals surface area contributed by atoms with Crippen molar-refractivity contribution in [3.63, 3.8) is 0 Å². The van der Waals surface area contributed by atoms with E-state index < -0.39 is 10.0 Å². The van der Waals surface area contributed by atoms with Crippen LogP contribution < -0.4 is 10.5 Å². The van der Waals surface area contributed by atoms with E-state index in [1.807, 2.05) is 13.8 Å². The van der Waals surface area contributed by atoms with Crippen LogP contribution in [0.2, 0.25) is 0 Å². The summed E-state index contributed by atoms with van der Waals surface area (Å²) in [5.41, 5.74) is 6.68. The highest BCUT2D eigenvalue weighted by Crippen LogP contribution is 2.12. The number of hydrogen-bond acceptors (Lipinski definition) is 3. The van der Waals surface area contributed by atoms with Gasteiger partial charge in [-0.2, -0.15) is 0 Å². The van der Waals surface area contributed by atoms with Crippen LogP contribution in [0.1, 0.15) is 19.4 Å². The number of sulfonamides is 1. The van der Waals surface area contributed by atoms with Gasteiger partial charge in [0.15, 0.2) is 0 Å². The lowest BCUT2D eigenvalue weighted by Gasteiger charge is -2.10. The lowest BCUT2D eigenvalue weighted by Crippen LogP contribution is -2.20. The molecule has 3 N–H and O–H groups in total. The number of hydrogen-bond donors (Lipinski definition) is 2. The lowest BCUT2D eigenvalue weighted by molar-refractivity contribution is 0.587. The summed E-state index contributed by atoms with van der Waals surface area (Å²) in [7, 11) is -3.28. The van der Waals surface area contributed by atoms with Gasteiger partial charge in [-0.25, -0.2) is 8.42 Å². The van der Waals surface area contributed by atoms with Crippen LogP contribution >= 0.6 is 12.2 Å². The molecule has 17 heavy (non-hydrogen) atoms. The fraction of sp³-hybridized carbons (Fsp3) is 0.364. The van der Waals surface area contributed by atoms with Crippen LogP contribution in [0, 0.1) is 5.92 Å². The van der Waals surface area contributed by atoms with Crippen LogP contribution in [-0.2, 0) is 10.0 Å². The molecule has 0 aromatic heterocycles. The summed E-state index contributed by atoms with van der Waals surface area (Å²) < 4.78 is 25.8. The van der Waals surface area contributed by atoms with Crippen LogP contribution in [0.5, 0.6) is 0 Å². The molecule has 0 amide bonds. The molecule has 94 valence electrons. The lowest BCUT2D eigenvalue weighted by atomic mass is 10.2. The van der Waals surface area contributed by atoms with Gasteiger partial charge in [-0.15, -0.1) is 0 Å². The summed E-state index contributed by atoms with van der Waals surface area (Å²) >= 11 is 4.81. The highest BCUT2D eigenvalue weighted by molar-refractivity contribution is 7.92. The molecule has 0 aliphatic heterocycles. The van der Waals surface area contributed by atoms with Gasteiger partial charge in [0.2, 0.25) is 10.0 Å². The van der Waals surface area contributed by atoms with Crippen molar-refractivity contribution in [2.45, 2.75) is 13.8 Å². The van der Waals surface area contributed by atoms with Crippen LogP contribution in [-0.4, -0.2) is 19.2 Å². The predicted octanol–water partition coefficient (Wildman–Crippen LogP) is 1.72. The predicted molar refractivity (Wildman–Crippen MR) is 74.6 cm³/mol. The highest BCUT2D eigenvalue weighted by atomic mass is 32.2. The highest BCUT2D eigenvalue weighted by Gasteiger charge is 2.12. The van der Waals surface area contributed by atoms with E-state index in [0.29, 0.717) is 16.2 Å². The fourth-order valence-corrected chi connectivity index (χ4v) is 2.95. The molecular formula is C11H16N2O2S2. The van der Waals surface area contributed by atoms with Crippen LogP contribution in [0.3, 0.4) is 0 Å². The molecule has 0 atom stereocenters. The van der Waals surface area contributed by atoms with Crippen molar-refractivity contribution >= 4 is 32.9 Å². The molecule has 1 aromatic carbocycles. The topological polar surface area (TPSA) is 72.2 Å². The molecular weight excluding hydrogens is 256 g/mol. The van der Waals surface area contributed by atoms with Gasteiger partial charge in [-0.1, -0.05) is 26.1 Å². The molecule has 0 aliphatic carbocycles. The first-order valence-corrected chi connectivity index (χ1v) is 7.26. The van der Waals surface area contributed by atoms with Crippen LogP contribution in [0.25, 0.3) is 0 Å². The van der Waals surface area contributed by atoms with Gasteiger partial charge in [0, 0.05) is 11.3 Å². The van der Waals surface area contributed by atoms with E-state index in [-0.39, 0.29) is 11.7 Å². The molecule has 0 unspecified atom stereocenters. The van der Waals surface area contributed by atoms with E-state index in [2.05, 4.69) is 4.72 Å². The normalized spacial score (nSPS) is 11.5. The molecule has 0 fully saturated rings. The first-order valence-electron chi connectivity index (χ1n) is 5.20. The summed E-state index contributed by atoms with van der Waals surface area (Å²) in [6.07, 6.45) is 0. The third-order valence-corrected chi connectivity index (χ3v) is 3.88. The summed E-state index contributed by atoms with van der Waals surface area (Å²) in [6.45, 7) is 3.71. The van der Waals surface area contributed by atoms with E-state index in [1.54, 1.807) is 24.3 Å². The van der Waals surface area contributed by atoms with Gasteiger partial charge in [-0.05, 0) is 30.2 Å². The smallest absolute Gasteiger partial charge is 0.232 e. The first kappa shape index (κ1) is 13.9. The Kier molecular flexibility index (Phi) is 4.47. The fourth-order valence-electron chi connectivity index (χ4n) is 1.36. The van der Waals surface area contributed by atoms with Crippen molar-refractivity contribution in [2.24, 2.45) is 11.7 Å².